The molecular weight excluding hydrogens is 564 g/mol. The Balaban J connectivity index is 1.45. The first kappa shape index (κ1) is 32.7. The van der Waals surface area contributed by atoms with Gasteiger partial charge in [-0.1, -0.05) is 0 Å². The third-order valence-electron chi connectivity index (χ3n) is 7.38. The number of rotatable bonds is 8. The average molecular weight is 603 g/mol. The monoisotopic (exact) mass is 602 g/mol. The first-order valence-electron chi connectivity index (χ1n) is 13.0. The molecule has 4 rings (SSSR count). The summed E-state index contributed by atoms with van der Waals surface area (Å²) in [4.78, 5) is 11.8. The van der Waals surface area contributed by atoms with Gasteiger partial charge in [-0.2, -0.15) is 0 Å². The Hall–Kier alpha value is -1.17. The Bertz CT molecular complexity index is 880. The molecule has 0 spiro atoms. The molecular formula is C23H38O18. The molecule has 0 radical (unpaired) electrons. The van der Waals surface area contributed by atoms with Crippen molar-refractivity contribution in [2.24, 2.45) is 0 Å². The second-order valence-corrected chi connectivity index (χ2v) is 10.5. The van der Waals surface area contributed by atoms with Gasteiger partial charge in [-0.15, -0.1) is 0 Å². The van der Waals surface area contributed by atoms with Gasteiger partial charge in [0.15, 0.2) is 31.3 Å². The van der Waals surface area contributed by atoms with Gasteiger partial charge in [-0.3, -0.25) is 4.79 Å². The van der Waals surface area contributed by atoms with Gasteiger partial charge in [0, 0.05) is 6.92 Å². The summed E-state index contributed by atoms with van der Waals surface area (Å²) in [6.07, 6.45) is -23.0. The third-order valence-corrected chi connectivity index (χ3v) is 7.38. The van der Waals surface area contributed by atoms with E-state index in [1.165, 1.54) is 6.92 Å². The Labute approximate surface area is 233 Å². The first-order valence-corrected chi connectivity index (χ1v) is 13.0. The summed E-state index contributed by atoms with van der Waals surface area (Å²) < 4.78 is 43.2. The lowest BCUT2D eigenvalue weighted by molar-refractivity contribution is -0.371. The number of carbonyl (C=O) groups is 1. The van der Waals surface area contributed by atoms with E-state index in [9.17, 15) is 50.8 Å². The third kappa shape index (κ3) is 6.83. The fraction of sp³-hybridized carbons (Fsp3) is 0.957. The van der Waals surface area contributed by atoms with Crippen LogP contribution in [0.4, 0.5) is 0 Å². The Morgan fingerprint density at radius 3 is 2.05 bits per heavy atom. The van der Waals surface area contributed by atoms with Gasteiger partial charge in [-0.25, -0.2) is 0 Å². The number of esters is 1. The average Bonchev–Trinajstić information content (AvgIpc) is 3.21. The Kier molecular flexibility index (Phi) is 10.6. The van der Waals surface area contributed by atoms with E-state index in [2.05, 4.69) is 0 Å². The molecule has 4 aliphatic heterocycles. The minimum atomic E-state index is -2.01. The molecule has 4 fully saturated rings. The molecule has 0 aromatic heterocycles. The highest BCUT2D eigenvalue weighted by Crippen LogP contribution is 2.33. The zero-order valence-corrected chi connectivity index (χ0v) is 22.2. The molecule has 4 aliphatic rings. The molecule has 4 heterocycles. The van der Waals surface area contributed by atoms with Crippen molar-refractivity contribution in [3.8, 4) is 0 Å². The van der Waals surface area contributed by atoms with Crippen molar-refractivity contribution >= 4 is 5.97 Å². The lowest BCUT2D eigenvalue weighted by Gasteiger charge is -2.47. The maximum Gasteiger partial charge on any atom is 0.303 e. The lowest BCUT2D eigenvalue weighted by Crippen LogP contribution is -2.65. The standard InChI is InChI=1S/C23H38O18/c1-7-14(12(29)17(38-8(2)25)21(37-7)41-16-11(28)9(26)3-34-19(16)32)39-20-13(30)15(10(27)4-35-20)40-22-18(31)23(33,5-24)6-36-22/h7,9-22,24,26-33H,3-6H2,1-2H3/t7-,9-,10+,11-,12+,13+,14-,15-,16+,17+,18-,19+,20-,21-,22-,23+/m0/s1. The van der Waals surface area contributed by atoms with Crippen molar-refractivity contribution in [3.05, 3.63) is 0 Å². The summed E-state index contributed by atoms with van der Waals surface area (Å²) >= 11 is 0. The minimum absolute atomic E-state index is 0.368. The van der Waals surface area contributed by atoms with Crippen LogP contribution >= 0.6 is 0 Å². The number of aliphatic hydroxyl groups excluding tert-OH is 8. The molecule has 0 aromatic carbocycles. The topological polar surface area (TPSA) is 273 Å². The summed E-state index contributed by atoms with van der Waals surface area (Å²) in [5, 5.41) is 92.3. The van der Waals surface area contributed by atoms with E-state index in [1.54, 1.807) is 0 Å². The lowest BCUT2D eigenvalue weighted by atomic mass is 9.98. The molecule has 18 heteroatoms. The van der Waals surface area contributed by atoms with Gasteiger partial charge < -0.3 is 83.9 Å². The highest BCUT2D eigenvalue weighted by Gasteiger charge is 2.54. The highest BCUT2D eigenvalue weighted by atomic mass is 16.8. The number of carbonyl (C=O) groups excluding carboxylic acids is 1. The highest BCUT2D eigenvalue weighted by molar-refractivity contribution is 5.66. The zero-order valence-electron chi connectivity index (χ0n) is 22.2. The number of ether oxygens (including phenoxy) is 8. The molecule has 0 aromatic rings. The van der Waals surface area contributed by atoms with Crippen molar-refractivity contribution < 1.29 is 88.6 Å². The quantitative estimate of drug-likeness (QED) is 0.117. The fourth-order valence-corrected chi connectivity index (χ4v) is 4.97. The number of aliphatic hydroxyl groups is 9. The van der Waals surface area contributed by atoms with E-state index >= 15 is 0 Å². The summed E-state index contributed by atoms with van der Waals surface area (Å²) in [6, 6.07) is 0. The van der Waals surface area contributed by atoms with Crippen LogP contribution in [0.3, 0.4) is 0 Å². The summed E-state index contributed by atoms with van der Waals surface area (Å²) in [5.41, 5.74) is -2.01. The molecule has 9 N–H and O–H groups in total. The molecule has 4 saturated heterocycles. The van der Waals surface area contributed by atoms with Crippen LogP contribution in [0, 0.1) is 0 Å². The van der Waals surface area contributed by atoms with Crippen LogP contribution in [-0.4, -0.2) is 176 Å². The Morgan fingerprint density at radius 1 is 0.780 bits per heavy atom. The summed E-state index contributed by atoms with van der Waals surface area (Å²) in [6.45, 7) is 0.363. The van der Waals surface area contributed by atoms with Crippen molar-refractivity contribution in [2.75, 3.05) is 26.4 Å². The first-order chi connectivity index (χ1) is 19.3. The van der Waals surface area contributed by atoms with Gasteiger partial charge >= 0.3 is 5.97 Å². The molecule has 238 valence electrons. The minimum Gasteiger partial charge on any atom is -0.454 e. The van der Waals surface area contributed by atoms with E-state index in [0.29, 0.717) is 0 Å². The van der Waals surface area contributed by atoms with Crippen molar-refractivity contribution in [2.45, 2.75) is 112 Å². The largest absolute Gasteiger partial charge is 0.454 e. The van der Waals surface area contributed by atoms with Crippen LogP contribution in [0.25, 0.3) is 0 Å². The van der Waals surface area contributed by atoms with Crippen LogP contribution in [0.15, 0.2) is 0 Å². The van der Waals surface area contributed by atoms with E-state index in [1.807, 2.05) is 0 Å². The second-order valence-electron chi connectivity index (χ2n) is 10.5. The van der Waals surface area contributed by atoms with Crippen LogP contribution < -0.4 is 0 Å². The van der Waals surface area contributed by atoms with E-state index in [-0.39, 0.29) is 6.61 Å². The molecule has 0 unspecified atom stereocenters. The van der Waals surface area contributed by atoms with Gasteiger partial charge in [0.25, 0.3) is 0 Å². The maximum atomic E-state index is 11.8. The molecule has 0 amide bonds. The number of hydrogen-bond donors (Lipinski definition) is 9. The zero-order chi connectivity index (χ0) is 30.2. The number of hydrogen-bond acceptors (Lipinski definition) is 18. The summed E-state index contributed by atoms with van der Waals surface area (Å²) in [5.74, 6) is -0.857. The fourth-order valence-electron chi connectivity index (χ4n) is 4.97. The molecule has 18 nitrogen and oxygen atoms in total. The van der Waals surface area contributed by atoms with Gasteiger partial charge in [0.05, 0.1) is 32.5 Å². The Morgan fingerprint density at radius 2 is 1.41 bits per heavy atom. The van der Waals surface area contributed by atoms with E-state index < -0.39 is 124 Å². The van der Waals surface area contributed by atoms with Crippen LogP contribution in [0.1, 0.15) is 13.8 Å². The van der Waals surface area contributed by atoms with Crippen LogP contribution in [-0.2, 0) is 42.7 Å². The molecule has 0 aliphatic carbocycles. The molecule has 41 heavy (non-hydrogen) atoms. The van der Waals surface area contributed by atoms with Gasteiger partial charge in [0.2, 0.25) is 0 Å². The smallest absolute Gasteiger partial charge is 0.303 e. The predicted molar refractivity (Wildman–Crippen MR) is 124 cm³/mol. The molecule has 0 bridgehead atoms. The van der Waals surface area contributed by atoms with Crippen LogP contribution in [0.2, 0.25) is 0 Å². The van der Waals surface area contributed by atoms with Crippen molar-refractivity contribution in [3.63, 3.8) is 0 Å². The second kappa shape index (κ2) is 13.2. The van der Waals surface area contributed by atoms with Gasteiger partial charge in [0.1, 0.15) is 60.5 Å². The van der Waals surface area contributed by atoms with Crippen LogP contribution in [0.5, 0.6) is 0 Å². The van der Waals surface area contributed by atoms with E-state index in [0.717, 1.165) is 6.92 Å². The normalized spacial score (nSPS) is 51.0. The predicted octanol–water partition coefficient (Wildman–Crippen LogP) is -6.23. The maximum absolute atomic E-state index is 11.8. The van der Waals surface area contributed by atoms with Crippen molar-refractivity contribution in [1.82, 2.24) is 0 Å². The molecule has 0 saturated carbocycles. The van der Waals surface area contributed by atoms with Gasteiger partial charge in [-0.05, 0) is 6.92 Å². The van der Waals surface area contributed by atoms with E-state index in [4.69, 9.17) is 37.9 Å². The summed E-state index contributed by atoms with van der Waals surface area (Å²) in [7, 11) is 0. The molecule has 16 atom stereocenters. The van der Waals surface area contributed by atoms with Crippen molar-refractivity contribution in [1.29, 1.82) is 0 Å². The SMILES string of the molecule is CC(=O)O[C@H]1[C@H](O[C@@H]2[C@@H](O)[C@@H](O)CO[C@H]2O)O[C@@H](C)[C@H](O[C@@H]2OC[C@@H](O)[C@H](O[C@@H]3OC[C@](O)(CO)[C@H]3O)[C@H]2O)[C@H]1O.